The number of nitrogens with one attached hydrogen (secondary N) is 1. The predicted octanol–water partition coefficient (Wildman–Crippen LogP) is 4.69. The van der Waals surface area contributed by atoms with Crippen LogP contribution < -0.4 is 10.1 Å². The fourth-order valence-corrected chi connectivity index (χ4v) is 4.24. The van der Waals surface area contributed by atoms with E-state index in [4.69, 9.17) is 4.74 Å². The lowest BCUT2D eigenvalue weighted by Gasteiger charge is -2.29. The van der Waals surface area contributed by atoms with Crippen LogP contribution in [0.25, 0.3) is 0 Å². The van der Waals surface area contributed by atoms with Crippen LogP contribution in [0.2, 0.25) is 0 Å². The van der Waals surface area contributed by atoms with E-state index in [0.29, 0.717) is 12.1 Å². The van der Waals surface area contributed by atoms with Crippen molar-refractivity contribution >= 4 is 27.3 Å². The summed E-state index contributed by atoms with van der Waals surface area (Å²) >= 11 is 5.40. The molecule has 2 aromatic rings. The van der Waals surface area contributed by atoms with E-state index in [2.05, 4.69) is 57.8 Å². The molecule has 2 unspecified atom stereocenters. The van der Waals surface area contributed by atoms with E-state index in [-0.39, 0.29) is 0 Å². The molecule has 0 spiro atoms. The minimum atomic E-state index is 0.338. The smallest absolute Gasteiger partial charge is 0.124 e. The number of halogens is 1. The first kappa shape index (κ1) is 13.2. The zero-order valence-corrected chi connectivity index (χ0v) is 13.1. The van der Waals surface area contributed by atoms with E-state index in [0.717, 1.165) is 18.8 Å². The third-order valence-corrected chi connectivity index (χ3v) is 5.50. The number of benzene rings is 1. The Balaban J connectivity index is 1.80. The molecule has 1 aliphatic heterocycles. The van der Waals surface area contributed by atoms with Crippen LogP contribution in [0.4, 0.5) is 0 Å². The third kappa shape index (κ3) is 2.71. The first-order valence-corrected chi connectivity index (χ1v) is 8.13. The van der Waals surface area contributed by atoms with Gasteiger partial charge in [0.2, 0.25) is 0 Å². The summed E-state index contributed by atoms with van der Waals surface area (Å²) in [6, 6.07) is 11.1. The second kappa shape index (κ2) is 5.65. The Morgan fingerprint density at radius 3 is 3.00 bits per heavy atom. The van der Waals surface area contributed by atoms with Crippen molar-refractivity contribution in [3.63, 3.8) is 0 Å². The number of rotatable bonds is 3. The van der Waals surface area contributed by atoms with Gasteiger partial charge < -0.3 is 10.1 Å². The fraction of sp³-hybridized carbons (Fsp3) is 0.333. The average molecular weight is 338 g/mol. The second-order valence-corrected chi connectivity index (χ2v) is 6.55. The largest absolute Gasteiger partial charge is 0.493 e. The van der Waals surface area contributed by atoms with Gasteiger partial charge in [0.05, 0.1) is 6.61 Å². The Hall–Kier alpha value is -0.840. The van der Waals surface area contributed by atoms with Gasteiger partial charge in [-0.3, -0.25) is 0 Å². The highest BCUT2D eigenvalue weighted by Gasteiger charge is 2.23. The molecule has 0 saturated heterocycles. The summed E-state index contributed by atoms with van der Waals surface area (Å²) in [4.78, 5) is 1.35. The molecule has 2 heterocycles. The molecule has 0 bridgehead atoms. The highest BCUT2D eigenvalue weighted by atomic mass is 79.9. The summed E-state index contributed by atoms with van der Waals surface area (Å²) in [5.41, 5.74) is 1.27. The lowest BCUT2D eigenvalue weighted by Crippen LogP contribution is -2.29. The SMILES string of the molecule is CC(NC1CCOc2ccccc21)c1sccc1Br. The molecule has 1 aliphatic rings. The molecule has 1 aromatic carbocycles. The summed E-state index contributed by atoms with van der Waals surface area (Å²) < 4.78 is 6.90. The van der Waals surface area contributed by atoms with Gasteiger partial charge in [-0.15, -0.1) is 11.3 Å². The van der Waals surface area contributed by atoms with Gasteiger partial charge in [-0.1, -0.05) is 18.2 Å². The normalized spacial score (nSPS) is 19.6. The zero-order chi connectivity index (χ0) is 13.2. The number of thiophene rings is 1. The van der Waals surface area contributed by atoms with E-state index in [9.17, 15) is 0 Å². The van der Waals surface area contributed by atoms with E-state index < -0.39 is 0 Å². The Morgan fingerprint density at radius 1 is 1.37 bits per heavy atom. The molecule has 100 valence electrons. The number of para-hydroxylation sites is 1. The first-order chi connectivity index (χ1) is 9.25. The van der Waals surface area contributed by atoms with E-state index in [1.807, 2.05) is 6.07 Å². The molecule has 0 radical (unpaired) electrons. The molecular formula is C15H16BrNOS. The van der Waals surface area contributed by atoms with Gasteiger partial charge >= 0.3 is 0 Å². The highest BCUT2D eigenvalue weighted by molar-refractivity contribution is 9.10. The summed E-state index contributed by atoms with van der Waals surface area (Å²) in [6.45, 7) is 3.00. The van der Waals surface area contributed by atoms with Crippen molar-refractivity contribution in [1.29, 1.82) is 0 Å². The zero-order valence-electron chi connectivity index (χ0n) is 10.7. The van der Waals surface area contributed by atoms with Crippen LogP contribution in [0, 0.1) is 0 Å². The lowest BCUT2D eigenvalue weighted by atomic mass is 9.99. The number of hydrogen-bond donors (Lipinski definition) is 1. The van der Waals surface area contributed by atoms with Gasteiger partial charge in [-0.05, 0) is 40.4 Å². The van der Waals surface area contributed by atoms with Crippen molar-refractivity contribution in [2.24, 2.45) is 0 Å². The minimum absolute atomic E-state index is 0.338. The third-order valence-electron chi connectivity index (χ3n) is 3.45. The first-order valence-electron chi connectivity index (χ1n) is 6.46. The van der Waals surface area contributed by atoms with E-state index in [1.165, 1.54) is 14.9 Å². The van der Waals surface area contributed by atoms with Crippen LogP contribution in [-0.2, 0) is 0 Å². The quantitative estimate of drug-likeness (QED) is 0.877. The van der Waals surface area contributed by atoms with Gasteiger partial charge in [0.15, 0.2) is 0 Å². The predicted molar refractivity (Wildman–Crippen MR) is 82.9 cm³/mol. The highest BCUT2D eigenvalue weighted by Crippen LogP contribution is 2.35. The molecule has 0 saturated carbocycles. The maximum absolute atomic E-state index is 5.70. The van der Waals surface area contributed by atoms with Crippen molar-refractivity contribution in [2.75, 3.05) is 6.61 Å². The van der Waals surface area contributed by atoms with Crippen molar-refractivity contribution < 1.29 is 4.74 Å². The standard InChI is InChI=1S/C15H16BrNOS/c1-10(15-12(16)7-9-19-15)17-13-6-8-18-14-5-3-2-4-11(13)14/h2-5,7,9-10,13,17H,6,8H2,1H3. The molecule has 2 atom stereocenters. The Labute approximate surface area is 125 Å². The minimum Gasteiger partial charge on any atom is -0.493 e. The monoisotopic (exact) mass is 337 g/mol. The van der Waals surface area contributed by atoms with Gasteiger partial charge in [-0.25, -0.2) is 0 Å². The molecule has 0 amide bonds. The summed E-state index contributed by atoms with van der Waals surface area (Å²) in [5, 5.41) is 5.84. The molecule has 3 rings (SSSR count). The molecule has 0 aliphatic carbocycles. The molecule has 19 heavy (non-hydrogen) atoms. The van der Waals surface area contributed by atoms with Gasteiger partial charge in [0.25, 0.3) is 0 Å². The number of hydrogen-bond acceptors (Lipinski definition) is 3. The number of ether oxygens (including phenoxy) is 1. The van der Waals surface area contributed by atoms with Crippen LogP contribution in [0.1, 0.15) is 35.9 Å². The van der Waals surface area contributed by atoms with Crippen LogP contribution in [0.5, 0.6) is 5.75 Å². The summed E-state index contributed by atoms with van der Waals surface area (Å²) in [5.74, 6) is 1.02. The van der Waals surface area contributed by atoms with Crippen molar-refractivity contribution in [2.45, 2.75) is 25.4 Å². The second-order valence-electron chi connectivity index (χ2n) is 4.75. The fourth-order valence-electron chi connectivity index (χ4n) is 2.51. The topological polar surface area (TPSA) is 21.3 Å². The van der Waals surface area contributed by atoms with Crippen LogP contribution >= 0.6 is 27.3 Å². The Morgan fingerprint density at radius 2 is 2.21 bits per heavy atom. The molecular weight excluding hydrogens is 322 g/mol. The van der Waals surface area contributed by atoms with Gasteiger partial charge in [0.1, 0.15) is 5.75 Å². The van der Waals surface area contributed by atoms with Crippen LogP contribution in [0.15, 0.2) is 40.2 Å². The van der Waals surface area contributed by atoms with Crippen molar-refractivity contribution in [3.05, 3.63) is 50.6 Å². The van der Waals surface area contributed by atoms with E-state index >= 15 is 0 Å². The molecule has 4 heteroatoms. The molecule has 2 nitrogen and oxygen atoms in total. The van der Waals surface area contributed by atoms with E-state index in [1.54, 1.807) is 11.3 Å². The summed E-state index contributed by atoms with van der Waals surface area (Å²) in [6.07, 6.45) is 1.02. The van der Waals surface area contributed by atoms with Crippen LogP contribution in [-0.4, -0.2) is 6.61 Å². The van der Waals surface area contributed by atoms with Crippen molar-refractivity contribution in [1.82, 2.24) is 5.32 Å². The molecule has 0 fully saturated rings. The van der Waals surface area contributed by atoms with Gasteiger partial charge in [-0.2, -0.15) is 0 Å². The summed E-state index contributed by atoms with van der Waals surface area (Å²) in [7, 11) is 0. The maximum atomic E-state index is 5.70. The molecule has 1 aromatic heterocycles. The average Bonchev–Trinajstić information content (AvgIpc) is 2.85. The maximum Gasteiger partial charge on any atom is 0.124 e. The molecule has 1 N–H and O–H groups in total. The lowest BCUT2D eigenvalue weighted by molar-refractivity contribution is 0.246. The number of fused-ring (bicyclic) bond motifs is 1. The van der Waals surface area contributed by atoms with Crippen LogP contribution in [0.3, 0.4) is 0 Å². The van der Waals surface area contributed by atoms with Gasteiger partial charge in [0, 0.05) is 33.4 Å². The van der Waals surface area contributed by atoms with Crippen molar-refractivity contribution in [3.8, 4) is 5.75 Å². The Bertz CT molecular complexity index is 569. The Kier molecular flexibility index (Phi) is 3.91.